The standard InChI is InChI=1S/C17H14BrFN2O/c18-9-4-5-14-12(8-9)10-6-7-20-15(16(10)21-14)11-2-1-3-13(19)17(11)22/h1-5,8,15,20-22H,6-7H2. The molecule has 0 spiro atoms. The number of fused-ring (bicyclic) bond motifs is 3. The molecule has 5 heteroatoms. The lowest BCUT2D eigenvalue weighted by atomic mass is 9.94. The lowest BCUT2D eigenvalue weighted by Crippen LogP contribution is -2.30. The number of rotatable bonds is 1. The molecule has 0 amide bonds. The van der Waals surface area contributed by atoms with Crippen molar-refractivity contribution in [3.63, 3.8) is 0 Å². The van der Waals surface area contributed by atoms with E-state index in [2.05, 4.69) is 32.3 Å². The quantitative estimate of drug-likeness (QED) is 0.613. The minimum absolute atomic E-state index is 0.231. The number of hydrogen-bond acceptors (Lipinski definition) is 2. The van der Waals surface area contributed by atoms with Crippen LogP contribution in [0, 0.1) is 5.82 Å². The van der Waals surface area contributed by atoms with Crippen molar-refractivity contribution >= 4 is 26.8 Å². The van der Waals surface area contributed by atoms with Gasteiger partial charge in [-0.15, -0.1) is 0 Å². The molecule has 1 atom stereocenters. The average Bonchev–Trinajstić information content (AvgIpc) is 2.88. The number of nitrogens with one attached hydrogen (secondary N) is 2. The molecule has 2 heterocycles. The van der Waals surface area contributed by atoms with Crippen molar-refractivity contribution in [2.24, 2.45) is 0 Å². The van der Waals surface area contributed by atoms with Crippen molar-refractivity contribution in [2.45, 2.75) is 12.5 Å². The molecule has 0 bridgehead atoms. The minimum atomic E-state index is -0.592. The van der Waals surface area contributed by atoms with Gasteiger partial charge in [-0.25, -0.2) is 4.39 Å². The third kappa shape index (κ3) is 2.04. The molecule has 3 N–H and O–H groups in total. The second kappa shape index (κ2) is 5.11. The van der Waals surface area contributed by atoms with Gasteiger partial charge in [-0.05, 0) is 36.2 Å². The molecule has 1 aliphatic heterocycles. The van der Waals surface area contributed by atoms with Crippen LogP contribution < -0.4 is 5.32 Å². The highest BCUT2D eigenvalue weighted by molar-refractivity contribution is 9.10. The van der Waals surface area contributed by atoms with Crippen LogP contribution in [-0.2, 0) is 6.42 Å². The van der Waals surface area contributed by atoms with Gasteiger partial charge in [0.15, 0.2) is 11.6 Å². The molecular weight excluding hydrogens is 347 g/mol. The summed E-state index contributed by atoms with van der Waals surface area (Å²) in [7, 11) is 0. The number of aromatic nitrogens is 1. The first-order valence-electron chi connectivity index (χ1n) is 7.16. The van der Waals surface area contributed by atoms with E-state index in [0.29, 0.717) is 5.56 Å². The number of benzene rings is 2. The monoisotopic (exact) mass is 360 g/mol. The highest BCUT2D eigenvalue weighted by atomic mass is 79.9. The number of aromatic amines is 1. The molecule has 112 valence electrons. The number of H-pyrrole nitrogens is 1. The molecule has 0 fully saturated rings. The van der Waals surface area contributed by atoms with Gasteiger partial charge < -0.3 is 15.4 Å². The van der Waals surface area contributed by atoms with Crippen LogP contribution in [0.2, 0.25) is 0 Å². The lowest BCUT2D eigenvalue weighted by Gasteiger charge is -2.25. The van der Waals surface area contributed by atoms with Crippen molar-refractivity contribution in [2.75, 3.05) is 6.54 Å². The van der Waals surface area contributed by atoms with Gasteiger partial charge in [-0.3, -0.25) is 0 Å². The maximum Gasteiger partial charge on any atom is 0.165 e. The summed E-state index contributed by atoms with van der Waals surface area (Å²) in [5, 5.41) is 14.6. The molecule has 22 heavy (non-hydrogen) atoms. The Hall–Kier alpha value is -1.85. The summed E-state index contributed by atoms with van der Waals surface area (Å²) in [4.78, 5) is 3.42. The Kier molecular flexibility index (Phi) is 3.20. The van der Waals surface area contributed by atoms with Crippen LogP contribution >= 0.6 is 15.9 Å². The third-order valence-electron chi connectivity index (χ3n) is 4.24. The molecule has 0 radical (unpaired) electrons. The summed E-state index contributed by atoms with van der Waals surface area (Å²) in [6.45, 7) is 0.785. The van der Waals surface area contributed by atoms with E-state index in [-0.39, 0.29) is 11.8 Å². The minimum Gasteiger partial charge on any atom is -0.505 e. The van der Waals surface area contributed by atoms with Crippen LogP contribution in [0.1, 0.15) is 22.9 Å². The van der Waals surface area contributed by atoms with Crippen LogP contribution in [0.5, 0.6) is 5.75 Å². The van der Waals surface area contributed by atoms with E-state index in [4.69, 9.17) is 0 Å². The Morgan fingerprint density at radius 3 is 2.95 bits per heavy atom. The fourth-order valence-corrected chi connectivity index (χ4v) is 3.59. The fraction of sp³-hybridized carbons (Fsp3) is 0.176. The Morgan fingerprint density at radius 1 is 1.23 bits per heavy atom. The maximum absolute atomic E-state index is 13.7. The SMILES string of the molecule is Oc1c(F)cccc1C1NCCc2c1[nH]c1ccc(Br)cc21. The molecule has 3 nitrogen and oxygen atoms in total. The number of aromatic hydroxyl groups is 1. The third-order valence-corrected chi connectivity index (χ3v) is 4.74. The second-order valence-corrected chi connectivity index (χ2v) is 6.44. The first-order valence-corrected chi connectivity index (χ1v) is 7.95. The van der Waals surface area contributed by atoms with Gasteiger partial charge >= 0.3 is 0 Å². The zero-order valence-corrected chi connectivity index (χ0v) is 13.2. The van der Waals surface area contributed by atoms with Gasteiger partial charge in [0.05, 0.1) is 6.04 Å². The average molecular weight is 361 g/mol. The maximum atomic E-state index is 13.7. The topological polar surface area (TPSA) is 48.0 Å². The van der Waals surface area contributed by atoms with E-state index in [1.54, 1.807) is 12.1 Å². The van der Waals surface area contributed by atoms with E-state index >= 15 is 0 Å². The number of halogens is 2. The van der Waals surface area contributed by atoms with Gasteiger partial charge in [0.25, 0.3) is 0 Å². The van der Waals surface area contributed by atoms with Crippen molar-refractivity contribution in [1.82, 2.24) is 10.3 Å². The number of phenolic OH excluding ortho intramolecular Hbond substituents is 1. The van der Waals surface area contributed by atoms with E-state index in [1.165, 1.54) is 17.0 Å². The van der Waals surface area contributed by atoms with E-state index in [9.17, 15) is 9.50 Å². The first-order chi connectivity index (χ1) is 10.6. The van der Waals surface area contributed by atoms with E-state index in [0.717, 1.165) is 28.6 Å². The normalized spacial score (nSPS) is 17.6. The van der Waals surface area contributed by atoms with Crippen LogP contribution in [-0.4, -0.2) is 16.6 Å². The Labute approximate surface area is 135 Å². The Morgan fingerprint density at radius 2 is 2.09 bits per heavy atom. The van der Waals surface area contributed by atoms with Crippen molar-refractivity contribution in [3.05, 3.63) is 63.5 Å². The summed E-state index contributed by atoms with van der Waals surface area (Å²) in [6, 6.07) is 10.5. The van der Waals surface area contributed by atoms with Gasteiger partial charge in [0.2, 0.25) is 0 Å². The van der Waals surface area contributed by atoms with Gasteiger partial charge in [-0.2, -0.15) is 0 Å². The molecule has 1 aromatic heterocycles. The van der Waals surface area contributed by atoms with Crippen LogP contribution in [0.3, 0.4) is 0 Å². The summed E-state index contributed by atoms with van der Waals surface area (Å²) in [6.07, 6.45) is 0.901. The highest BCUT2D eigenvalue weighted by Gasteiger charge is 2.27. The molecule has 1 aliphatic rings. The molecule has 0 saturated heterocycles. The summed E-state index contributed by atoms with van der Waals surface area (Å²) < 4.78 is 14.7. The summed E-state index contributed by atoms with van der Waals surface area (Å²) in [5.74, 6) is -0.877. The lowest BCUT2D eigenvalue weighted by molar-refractivity contribution is 0.415. The number of hydrogen-bond donors (Lipinski definition) is 3. The number of phenols is 1. The van der Waals surface area contributed by atoms with Crippen LogP contribution in [0.15, 0.2) is 40.9 Å². The molecular formula is C17H14BrFN2O. The predicted octanol–water partition coefficient (Wildman–Crippen LogP) is 4.01. The zero-order chi connectivity index (χ0) is 15.3. The Bertz CT molecular complexity index is 874. The fourth-order valence-electron chi connectivity index (χ4n) is 3.23. The molecule has 4 rings (SSSR count). The largest absolute Gasteiger partial charge is 0.505 e. The smallest absolute Gasteiger partial charge is 0.165 e. The van der Waals surface area contributed by atoms with Gasteiger partial charge in [0.1, 0.15) is 0 Å². The Balaban J connectivity index is 1.92. The van der Waals surface area contributed by atoms with Gasteiger partial charge in [-0.1, -0.05) is 28.1 Å². The van der Waals surface area contributed by atoms with E-state index < -0.39 is 5.82 Å². The van der Waals surface area contributed by atoms with Crippen molar-refractivity contribution < 1.29 is 9.50 Å². The van der Waals surface area contributed by atoms with Crippen LogP contribution in [0.25, 0.3) is 10.9 Å². The molecule has 3 aromatic rings. The summed E-state index contributed by atoms with van der Waals surface area (Å²) >= 11 is 3.51. The summed E-state index contributed by atoms with van der Waals surface area (Å²) in [5.41, 5.74) is 3.84. The molecule has 2 aromatic carbocycles. The van der Waals surface area contributed by atoms with Gasteiger partial charge in [0, 0.05) is 33.2 Å². The van der Waals surface area contributed by atoms with E-state index in [1.807, 2.05) is 12.1 Å². The predicted molar refractivity (Wildman–Crippen MR) is 87.6 cm³/mol. The molecule has 0 aliphatic carbocycles. The van der Waals surface area contributed by atoms with Crippen LogP contribution in [0.4, 0.5) is 4.39 Å². The molecule has 0 saturated carbocycles. The zero-order valence-electron chi connectivity index (χ0n) is 11.7. The molecule has 1 unspecified atom stereocenters. The van der Waals surface area contributed by atoms with Crippen molar-refractivity contribution in [3.8, 4) is 5.75 Å². The first kappa shape index (κ1) is 13.8. The number of para-hydroxylation sites is 1. The van der Waals surface area contributed by atoms with Crippen molar-refractivity contribution in [1.29, 1.82) is 0 Å². The highest BCUT2D eigenvalue weighted by Crippen LogP contribution is 2.37. The second-order valence-electron chi connectivity index (χ2n) is 5.52.